The first kappa shape index (κ1) is 23.8. The molecule has 0 atom stereocenters. The number of benzene rings is 3. The molecule has 0 amide bonds. The average Bonchev–Trinajstić information content (AvgIpc) is 3.22. The van der Waals surface area contributed by atoms with Gasteiger partial charge < -0.3 is 9.47 Å². The van der Waals surface area contributed by atoms with Crippen molar-refractivity contribution < 1.29 is 22.3 Å². The standard InChI is InChI=1S/C26H20FIN2O4S/c27-22-7-8-23-21(15-25(28)30(23)35(31,32)20-4-2-1-3-5-20)26(22)17-6-9-24(18(14-17)16-29)34-19-10-12-33-13-11-19/h1-9,14-15,19H,10-13H2. The summed E-state index contributed by atoms with van der Waals surface area (Å²) in [5.74, 6) is -0.0697. The Labute approximate surface area is 216 Å². The Kier molecular flexibility index (Phi) is 6.53. The van der Waals surface area contributed by atoms with Crippen LogP contribution in [-0.4, -0.2) is 31.7 Å². The predicted octanol–water partition coefficient (Wildman–Crippen LogP) is 5.72. The first-order chi connectivity index (χ1) is 16.9. The smallest absolute Gasteiger partial charge is 0.269 e. The van der Waals surface area contributed by atoms with Crippen LogP contribution in [0.3, 0.4) is 0 Å². The monoisotopic (exact) mass is 602 g/mol. The molecule has 0 saturated carbocycles. The maximum absolute atomic E-state index is 15.2. The number of rotatable bonds is 5. The minimum Gasteiger partial charge on any atom is -0.489 e. The lowest BCUT2D eigenvalue weighted by Crippen LogP contribution is -2.26. The van der Waals surface area contributed by atoms with Crippen LogP contribution in [0.25, 0.3) is 22.0 Å². The van der Waals surface area contributed by atoms with Crippen molar-refractivity contribution in [3.05, 3.63) is 81.8 Å². The van der Waals surface area contributed by atoms with Gasteiger partial charge in [0, 0.05) is 23.8 Å². The normalized spacial score (nSPS) is 14.7. The summed E-state index contributed by atoms with van der Waals surface area (Å²) in [6.45, 7) is 1.22. The van der Waals surface area contributed by atoms with Crippen LogP contribution in [0.5, 0.6) is 5.75 Å². The quantitative estimate of drug-likeness (QED) is 0.273. The minimum atomic E-state index is -3.90. The van der Waals surface area contributed by atoms with Gasteiger partial charge in [0.05, 0.1) is 32.9 Å². The van der Waals surface area contributed by atoms with Gasteiger partial charge in [-0.25, -0.2) is 16.8 Å². The molecule has 1 aliphatic rings. The molecular formula is C26H20FIN2O4S. The van der Waals surface area contributed by atoms with Gasteiger partial charge in [-0.05, 0) is 70.6 Å². The lowest BCUT2D eigenvalue weighted by molar-refractivity contribution is 0.0254. The summed E-state index contributed by atoms with van der Waals surface area (Å²) in [5, 5.41) is 10.2. The van der Waals surface area contributed by atoms with E-state index in [-0.39, 0.29) is 22.1 Å². The van der Waals surface area contributed by atoms with E-state index in [2.05, 4.69) is 6.07 Å². The molecule has 1 aliphatic heterocycles. The van der Waals surface area contributed by atoms with Crippen LogP contribution in [0.2, 0.25) is 0 Å². The zero-order valence-electron chi connectivity index (χ0n) is 18.4. The first-order valence-electron chi connectivity index (χ1n) is 11.0. The van der Waals surface area contributed by atoms with Crippen LogP contribution in [0, 0.1) is 20.8 Å². The van der Waals surface area contributed by atoms with E-state index in [0.717, 1.165) is 12.8 Å². The van der Waals surface area contributed by atoms with Crippen molar-refractivity contribution in [3.63, 3.8) is 0 Å². The molecule has 0 bridgehead atoms. The van der Waals surface area contributed by atoms with Crippen molar-refractivity contribution in [1.82, 2.24) is 3.97 Å². The van der Waals surface area contributed by atoms with Gasteiger partial charge in [0.25, 0.3) is 10.0 Å². The van der Waals surface area contributed by atoms with Gasteiger partial charge in [0.2, 0.25) is 0 Å². The second-order valence-electron chi connectivity index (χ2n) is 8.16. The van der Waals surface area contributed by atoms with Gasteiger partial charge in [-0.2, -0.15) is 5.26 Å². The molecule has 5 rings (SSSR count). The van der Waals surface area contributed by atoms with Gasteiger partial charge in [-0.1, -0.05) is 24.3 Å². The Morgan fingerprint density at radius 2 is 1.80 bits per heavy atom. The highest BCUT2D eigenvalue weighted by atomic mass is 127. The average molecular weight is 602 g/mol. The zero-order valence-corrected chi connectivity index (χ0v) is 21.4. The molecule has 6 nitrogen and oxygen atoms in total. The van der Waals surface area contributed by atoms with E-state index in [4.69, 9.17) is 9.47 Å². The molecule has 1 aromatic heterocycles. The molecular weight excluding hydrogens is 582 g/mol. The molecule has 0 aliphatic carbocycles. The van der Waals surface area contributed by atoms with Crippen LogP contribution in [-0.2, 0) is 14.8 Å². The molecule has 1 saturated heterocycles. The number of aromatic nitrogens is 1. The maximum Gasteiger partial charge on any atom is 0.269 e. The summed E-state index contributed by atoms with van der Waals surface area (Å²) in [5.41, 5.74) is 1.35. The van der Waals surface area contributed by atoms with Gasteiger partial charge in [-0.15, -0.1) is 0 Å². The highest BCUT2D eigenvalue weighted by molar-refractivity contribution is 14.1. The lowest BCUT2D eigenvalue weighted by Gasteiger charge is -2.24. The van der Waals surface area contributed by atoms with E-state index in [1.165, 1.54) is 28.2 Å². The zero-order chi connectivity index (χ0) is 24.6. The highest BCUT2D eigenvalue weighted by Crippen LogP contribution is 2.37. The van der Waals surface area contributed by atoms with E-state index in [1.807, 2.05) is 22.6 Å². The largest absolute Gasteiger partial charge is 0.489 e. The topological polar surface area (TPSA) is 81.3 Å². The fourth-order valence-corrected chi connectivity index (χ4v) is 7.04. The number of hydrogen-bond acceptors (Lipinski definition) is 5. The molecule has 2 heterocycles. The van der Waals surface area contributed by atoms with E-state index in [0.29, 0.717) is 39.1 Å². The predicted molar refractivity (Wildman–Crippen MR) is 138 cm³/mol. The van der Waals surface area contributed by atoms with E-state index >= 15 is 4.39 Å². The van der Waals surface area contributed by atoms with Gasteiger partial charge in [-0.3, -0.25) is 0 Å². The molecule has 178 valence electrons. The third-order valence-electron chi connectivity index (χ3n) is 5.98. The number of fused-ring (bicyclic) bond motifs is 1. The Morgan fingerprint density at radius 3 is 2.51 bits per heavy atom. The summed E-state index contributed by atoms with van der Waals surface area (Å²) < 4.78 is 55.0. The Balaban J connectivity index is 1.62. The maximum atomic E-state index is 15.2. The highest BCUT2D eigenvalue weighted by Gasteiger charge is 2.25. The SMILES string of the molecule is N#Cc1cc(-c2c(F)ccc3c2cc(I)n3S(=O)(=O)c2ccccc2)ccc1OC1CCOCC1. The second kappa shape index (κ2) is 9.60. The van der Waals surface area contributed by atoms with Crippen molar-refractivity contribution in [2.45, 2.75) is 23.8 Å². The molecule has 35 heavy (non-hydrogen) atoms. The van der Waals surface area contributed by atoms with Gasteiger partial charge in [0.1, 0.15) is 23.7 Å². The Morgan fingerprint density at radius 1 is 1.06 bits per heavy atom. The summed E-state index contributed by atoms with van der Waals surface area (Å²) in [6, 6.07) is 19.6. The number of nitriles is 1. The first-order valence-corrected chi connectivity index (χ1v) is 13.5. The van der Waals surface area contributed by atoms with Gasteiger partial charge in [0.15, 0.2) is 0 Å². The number of nitrogens with zero attached hydrogens (tertiary/aromatic N) is 2. The fraction of sp³-hybridized carbons (Fsp3) is 0.192. The third kappa shape index (κ3) is 4.42. The molecule has 0 N–H and O–H groups in total. The molecule has 0 radical (unpaired) electrons. The van der Waals surface area contributed by atoms with Crippen molar-refractivity contribution in [2.75, 3.05) is 13.2 Å². The number of ether oxygens (including phenoxy) is 2. The molecule has 4 aromatic rings. The third-order valence-corrected chi connectivity index (χ3v) is 8.84. The molecule has 9 heteroatoms. The fourth-order valence-electron chi connectivity index (χ4n) is 4.28. The molecule has 0 spiro atoms. The summed E-state index contributed by atoms with van der Waals surface area (Å²) >= 11 is 1.94. The Hall–Kier alpha value is -2.94. The van der Waals surface area contributed by atoms with E-state index in [1.54, 1.807) is 42.5 Å². The second-order valence-corrected chi connectivity index (χ2v) is 11.0. The molecule has 3 aromatic carbocycles. The lowest BCUT2D eigenvalue weighted by atomic mass is 9.99. The molecule has 0 unspecified atom stereocenters. The summed E-state index contributed by atoms with van der Waals surface area (Å²) in [4.78, 5) is 0.141. The van der Waals surface area contributed by atoms with Crippen LogP contribution in [0.1, 0.15) is 18.4 Å². The molecule has 1 fully saturated rings. The van der Waals surface area contributed by atoms with Crippen LogP contribution in [0.4, 0.5) is 4.39 Å². The van der Waals surface area contributed by atoms with Crippen LogP contribution in [0.15, 0.2) is 71.6 Å². The minimum absolute atomic E-state index is 0.0410. The van der Waals surface area contributed by atoms with Crippen LogP contribution >= 0.6 is 22.6 Å². The summed E-state index contributed by atoms with van der Waals surface area (Å²) in [7, 11) is -3.90. The summed E-state index contributed by atoms with van der Waals surface area (Å²) in [6.07, 6.45) is 1.44. The van der Waals surface area contributed by atoms with Crippen molar-refractivity contribution in [1.29, 1.82) is 5.26 Å². The number of halogens is 2. The van der Waals surface area contributed by atoms with Crippen molar-refractivity contribution in [2.24, 2.45) is 0 Å². The van der Waals surface area contributed by atoms with Crippen molar-refractivity contribution in [3.8, 4) is 22.9 Å². The Bertz CT molecular complexity index is 1560. The van der Waals surface area contributed by atoms with E-state index in [9.17, 15) is 13.7 Å². The van der Waals surface area contributed by atoms with Crippen molar-refractivity contribution >= 4 is 43.5 Å². The number of hydrogen-bond donors (Lipinski definition) is 0. The van der Waals surface area contributed by atoms with Gasteiger partial charge >= 0.3 is 0 Å². The van der Waals surface area contributed by atoms with Crippen LogP contribution < -0.4 is 4.74 Å². The van der Waals surface area contributed by atoms with E-state index < -0.39 is 15.8 Å².